The van der Waals surface area contributed by atoms with Crippen molar-refractivity contribution in [2.45, 2.75) is 19.9 Å². The molecule has 0 radical (unpaired) electrons. The molecule has 3 aromatic carbocycles. The Bertz CT molecular complexity index is 989. The summed E-state index contributed by atoms with van der Waals surface area (Å²) in [4.78, 5) is 0. The van der Waals surface area contributed by atoms with Crippen LogP contribution in [0.2, 0.25) is 0 Å². The van der Waals surface area contributed by atoms with E-state index < -0.39 is 7.05 Å². The van der Waals surface area contributed by atoms with Crippen LogP contribution in [-0.4, -0.2) is 10.2 Å². The molecule has 1 atom stereocenters. The van der Waals surface area contributed by atoms with Crippen molar-refractivity contribution in [2.75, 3.05) is 0 Å². The normalized spacial score (nSPS) is 12.5. The van der Waals surface area contributed by atoms with E-state index in [4.69, 9.17) is 9.16 Å². The molecule has 0 aliphatic rings. The molecule has 4 rings (SSSR count). The third kappa shape index (κ3) is 3.44. The van der Waals surface area contributed by atoms with E-state index >= 15 is 0 Å². The highest BCUT2D eigenvalue weighted by molar-refractivity contribution is 7.87. The number of hydrogen-bond acceptors (Lipinski definition) is 4. The summed E-state index contributed by atoms with van der Waals surface area (Å²) in [5.41, 5.74) is 0. The quantitative estimate of drug-likeness (QED) is 0.470. The molecule has 0 aliphatic heterocycles. The van der Waals surface area contributed by atoms with Crippen LogP contribution in [0, 0.1) is 6.92 Å². The molecule has 0 saturated heterocycles. The predicted molar refractivity (Wildman–Crippen MR) is 115 cm³/mol. The molecule has 0 bridgehead atoms. The number of benzene rings is 3. The third-order valence-electron chi connectivity index (χ3n) is 4.64. The molecule has 0 amide bonds. The summed E-state index contributed by atoms with van der Waals surface area (Å²) in [6, 6.07) is 31.4. The lowest BCUT2D eigenvalue weighted by atomic mass is 10.4. The molecule has 0 unspecified atom stereocenters. The van der Waals surface area contributed by atoms with E-state index in [2.05, 4.69) is 83.0 Å². The van der Waals surface area contributed by atoms with Crippen LogP contribution in [0.1, 0.15) is 24.7 Å². The monoisotopic (exact) mass is 387 g/mol. The first-order valence-corrected chi connectivity index (χ1v) is 11.0. The van der Waals surface area contributed by atoms with E-state index in [-0.39, 0.29) is 6.04 Å². The summed E-state index contributed by atoms with van der Waals surface area (Å²) in [5, 5.41) is 11.8. The average molecular weight is 387 g/mol. The first-order valence-electron chi connectivity index (χ1n) is 9.28. The molecule has 5 heteroatoms. The van der Waals surface area contributed by atoms with Gasteiger partial charge in [-0.3, -0.25) is 4.74 Å². The highest BCUT2D eigenvalue weighted by Crippen LogP contribution is 2.48. The molecule has 0 aliphatic carbocycles. The maximum Gasteiger partial charge on any atom is 0.240 e. The van der Waals surface area contributed by atoms with Gasteiger partial charge in [-0.2, -0.15) is 0 Å². The summed E-state index contributed by atoms with van der Waals surface area (Å²) >= 11 is 0. The van der Waals surface area contributed by atoms with Gasteiger partial charge in [0.25, 0.3) is 0 Å². The van der Waals surface area contributed by atoms with Crippen molar-refractivity contribution in [3.05, 3.63) is 103 Å². The van der Waals surface area contributed by atoms with Gasteiger partial charge in [-0.15, -0.1) is 10.2 Å². The van der Waals surface area contributed by atoms with E-state index in [0.29, 0.717) is 11.8 Å². The minimum absolute atomic E-state index is 0.227. The Hall–Kier alpha value is -2.97. The molecule has 4 nitrogen and oxygen atoms in total. The molecular weight excluding hydrogens is 365 g/mol. The van der Waals surface area contributed by atoms with Crippen molar-refractivity contribution in [2.24, 2.45) is 4.74 Å². The van der Waals surface area contributed by atoms with Gasteiger partial charge in [0.15, 0.2) is 0 Å². The van der Waals surface area contributed by atoms with E-state index in [0.717, 1.165) is 0 Å². The van der Waals surface area contributed by atoms with Crippen LogP contribution in [0.25, 0.3) is 0 Å². The van der Waals surface area contributed by atoms with Crippen molar-refractivity contribution in [3.8, 4) is 0 Å². The second kappa shape index (κ2) is 7.95. The van der Waals surface area contributed by atoms with Crippen molar-refractivity contribution in [3.63, 3.8) is 0 Å². The number of hydrogen-bond donors (Lipinski definition) is 0. The van der Waals surface area contributed by atoms with Gasteiger partial charge in [0.2, 0.25) is 11.8 Å². The Morgan fingerprint density at radius 2 is 1.14 bits per heavy atom. The van der Waals surface area contributed by atoms with E-state index in [1.807, 2.05) is 25.1 Å². The molecule has 28 heavy (non-hydrogen) atoms. The zero-order valence-corrected chi connectivity index (χ0v) is 16.8. The lowest BCUT2D eigenvalue weighted by Crippen LogP contribution is -2.25. The third-order valence-corrected chi connectivity index (χ3v) is 8.46. The van der Waals surface area contributed by atoms with Gasteiger partial charge in [-0.1, -0.05) is 91.0 Å². The Morgan fingerprint density at radius 3 is 1.50 bits per heavy atom. The summed E-state index contributed by atoms with van der Waals surface area (Å²) in [6.07, 6.45) is 0. The largest absolute Gasteiger partial charge is 0.423 e. The number of nitrogens with zero attached hydrogens (tertiary/aromatic N) is 3. The Kier molecular flexibility index (Phi) is 5.23. The van der Waals surface area contributed by atoms with Gasteiger partial charge in [0.1, 0.15) is 6.04 Å². The zero-order chi connectivity index (χ0) is 19.4. The standard InChI is InChI=1S/C23H22N3OP/c1-18(23-25-24-19(2)27-23)26-28(20-12-6-3-7-13-20,21-14-8-4-9-15-21)22-16-10-5-11-17-22/h3-18H,1-2H3/t18-/m0/s1. The van der Waals surface area contributed by atoms with Gasteiger partial charge >= 0.3 is 0 Å². The van der Waals surface area contributed by atoms with Gasteiger partial charge in [0, 0.05) is 22.8 Å². The smallest absolute Gasteiger partial charge is 0.240 e. The molecule has 1 heterocycles. The Labute approximate surface area is 165 Å². The fourth-order valence-electron chi connectivity index (χ4n) is 3.37. The van der Waals surface area contributed by atoms with Crippen LogP contribution in [0.5, 0.6) is 0 Å². The summed E-state index contributed by atoms with van der Waals surface area (Å²) in [7, 11) is -2.27. The summed E-state index contributed by atoms with van der Waals surface area (Å²) in [5.74, 6) is 1.10. The Balaban J connectivity index is 2.05. The van der Waals surface area contributed by atoms with Crippen LogP contribution in [0.4, 0.5) is 0 Å². The topological polar surface area (TPSA) is 51.3 Å². The molecule has 0 fully saturated rings. The first kappa shape index (κ1) is 18.4. The first-order chi connectivity index (χ1) is 13.7. The van der Waals surface area contributed by atoms with Gasteiger partial charge in [-0.25, -0.2) is 0 Å². The predicted octanol–water partition coefficient (Wildman–Crippen LogP) is 4.62. The highest BCUT2D eigenvalue weighted by Gasteiger charge is 2.29. The van der Waals surface area contributed by atoms with Crippen molar-refractivity contribution >= 4 is 23.0 Å². The number of rotatable bonds is 5. The van der Waals surface area contributed by atoms with E-state index in [1.165, 1.54) is 15.9 Å². The lowest BCUT2D eigenvalue weighted by molar-refractivity contribution is 0.444. The van der Waals surface area contributed by atoms with Crippen LogP contribution < -0.4 is 15.9 Å². The minimum Gasteiger partial charge on any atom is -0.423 e. The van der Waals surface area contributed by atoms with Gasteiger partial charge in [0.05, 0.1) is 7.05 Å². The molecule has 0 spiro atoms. The number of aryl methyl sites for hydroxylation is 1. The lowest BCUT2D eigenvalue weighted by Gasteiger charge is -2.28. The molecule has 140 valence electrons. The van der Waals surface area contributed by atoms with E-state index in [1.54, 1.807) is 6.92 Å². The second-order valence-corrected chi connectivity index (χ2v) is 9.64. The van der Waals surface area contributed by atoms with Crippen molar-refractivity contribution < 1.29 is 4.42 Å². The molecule has 1 aromatic heterocycles. The Morgan fingerprint density at radius 1 is 0.714 bits per heavy atom. The summed E-state index contributed by atoms with van der Waals surface area (Å²) in [6.45, 7) is 3.83. The fourth-order valence-corrected chi connectivity index (χ4v) is 7.09. The summed E-state index contributed by atoms with van der Waals surface area (Å²) < 4.78 is 11.1. The highest BCUT2D eigenvalue weighted by atomic mass is 31.2. The van der Waals surface area contributed by atoms with Crippen LogP contribution in [0.15, 0.2) is 100 Å². The SMILES string of the molecule is Cc1nnc([C@H](C)N=P(c2ccccc2)(c2ccccc2)c2ccccc2)o1. The molecule has 0 saturated carbocycles. The maximum absolute atomic E-state index is 5.70. The van der Waals surface area contributed by atoms with Gasteiger partial charge in [-0.05, 0) is 6.92 Å². The molecule has 4 aromatic rings. The van der Waals surface area contributed by atoms with Crippen LogP contribution >= 0.6 is 7.05 Å². The zero-order valence-electron chi connectivity index (χ0n) is 15.9. The fraction of sp³-hybridized carbons (Fsp3) is 0.130. The van der Waals surface area contributed by atoms with Crippen LogP contribution in [-0.2, 0) is 0 Å². The van der Waals surface area contributed by atoms with Gasteiger partial charge < -0.3 is 4.42 Å². The van der Waals surface area contributed by atoms with Crippen molar-refractivity contribution in [1.82, 2.24) is 10.2 Å². The van der Waals surface area contributed by atoms with Crippen LogP contribution in [0.3, 0.4) is 0 Å². The second-order valence-electron chi connectivity index (χ2n) is 6.59. The average Bonchev–Trinajstić information content (AvgIpc) is 3.20. The minimum atomic E-state index is -2.27. The maximum atomic E-state index is 5.70. The molecule has 0 N–H and O–H groups in total. The molecular formula is C23H22N3OP. The number of aromatic nitrogens is 2. The van der Waals surface area contributed by atoms with E-state index in [9.17, 15) is 0 Å². The van der Waals surface area contributed by atoms with Crippen molar-refractivity contribution in [1.29, 1.82) is 0 Å².